The molecular weight excluding hydrogens is 158 g/mol. The van der Waals surface area contributed by atoms with Gasteiger partial charge in [0.15, 0.2) is 0 Å². The molecule has 0 heterocycles. The highest BCUT2D eigenvalue weighted by molar-refractivity contribution is 4.64. The fourth-order valence-corrected chi connectivity index (χ4v) is 1.70. The fraction of sp³-hybridized carbons (Fsp3) is 1.00. The minimum absolute atomic E-state index is 0.758. The van der Waals surface area contributed by atoms with E-state index >= 15 is 0 Å². The van der Waals surface area contributed by atoms with Crippen LogP contribution in [-0.2, 0) is 0 Å². The normalized spacial score (nSPS) is 15.7. The molecule has 0 aliphatic carbocycles. The highest BCUT2D eigenvalue weighted by Gasteiger charge is 2.05. The number of rotatable bonds is 8. The zero-order valence-corrected chi connectivity index (χ0v) is 9.90. The van der Waals surface area contributed by atoms with Crippen molar-refractivity contribution in [3.63, 3.8) is 0 Å². The Morgan fingerprint density at radius 1 is 1.08 bits per heavy atom. The minimum atomic E-state index is 0.758. The van der Waals surface area contributed by atoms with E-state index in [4.69, 9.17) is 0 Å². The first kappa shape index (κ1) is 13.0. The molecule has 1 nitrogen and oxygen atoms in total. The van der Waals surface area contributed by atoms with Crippen LogP contribution < -0.4 is 5.32 Å². The van der Waals surface area contributed by atoms with Crippen LogP contribution in [0.3, 0.4) is 0 Å². The standard InChI is InChI=1S/C12H27N/c1-5-8-12(13-4)10-7-9-11(3)6-2/h11-13H,5-10H2,1-4H3. The van der Waals surface area contributed by atoms with Gasteiger partial charge in [-0.15, -0.1) is 0 Å². The summed E-state index contributed by atoms with van der Waals surface area (Å²) in [6.45, 7) is 6.90. The minimum Gasteiger partial charge on any atom is -0.317 e. The second-order valence-corrected chi connectivity index (χ2v) is 4.22. The summed E-state index contributed by atoms with van der Waals surface area (Å²) in [6.07, 6.45) is 8.11. The number of hydrogen-bond donors (Lipinski definition) is 1. The van der Waals surface area contributed by atoms with Crippen LogP contribution in [-0.4, -0.2) is 13.1 Å². The lowest BCUT2D eigenvalue weighted by molar-refractivity contribution is 0.421. The summed E-state index contributed by atoms with van der Waals surface area (Å²) in [6, 6.07) is 0.758. The maximum Gasteiger partial charge on any atom is 0.00639 e. The van der Waals surface area contributed by atoms with E-state index in [0.717, 1.165) is 12.0 Å². The van der Waals surface area contributed by atoms with Gasteiger partial charge in [0.2, 0.25) is 0 Å². The van der Waals surface area contributed by atoms with Crippen molar-refractivity contribution in [1.82, 2.24) is 5.32 Å². The molecule has 0 spiro atoms. The van der Waals surface area contributed by atoms with Crippen LogP contribution in [0.25, 0.3) is 0 Å². The monoisotopic (exact) mass is 185 g/mol. The number of nitrogens with one attached hydrogen (secondary N) is 1. The average Bonchev–Trinajstić information content (AvgIpc) is 2.16. The lowest BCUT2D eigenvalue weighted by Gasteiger charge is -2.16. The van der Waals surface area contributed by atoms with Crippen molar-refractivity contribution in [3.05, 3.63) is 0 Å². The molecule has 0 amide bonds. The lowest BCUT2D eigenvalue weighted by Crippen LogP contribution is -2.24. The van der Waals surface area contributed by atoms with Gasteiger partial charge in [0.05, 0.1) is 0 Å². The molecule has 0 radical (unpaired) electrons. The van der Waals surface area contributed by atoms with E-state index in [1.54, 1.807) is 0 Å². The maximum absolute atomic E-state index is 3.39. The first-order valence-electron chi connectivity index (χ1n) is 5.91. The maximum atomic E-state index is 3.39. The van der Waals surface area contributed by atoms with Crippen LogP contribution in [0.2, 0.25) is 0 Å². The smallest absolute Gasteiger partial charge is 0.00639 e. The van der Waals surface area contributed by atoms with Crippen molar-refractivity contribution in [3.8, 4) is 0 Å². The van der Waals surface area contributed by atoms with E-state index in [2.05, 4.69) is 33.1 Å². The molecule has 13 heavy (non-hydrogen) atoms. The van der Waals surface area contributed by atoms with Crippen LogP contribution in [0.5, 0.6) is 0 Å². The Kier molecular flexibility index (Phi) is 8.53. The second-order valence-electron chi connectivity index (χ2n) is 4.22. The van der Waals surface area contributed by atoms with Crippen molar-refractivity contribution in [2.24, 2.45) is 5.92 Å². The molecule has 0 aromatic heterocycles. The first-order chi connectivity index (χ1) is 6.24. The summed E-state index contributed by atoms with van der Waals surface area (Å²) in [5.41, 5.74) is 0. The molecule has 0 aliphatic rings. The predicted octanol–water partition coefficient (Wildman–Crippen LogP) is 3.59. The third-order valence-electron chi connectivity index (χ3n) is 2.99. The van der Waals surface area contributed by atoms with Crippen molar-refractivity contribution < 1.29 is 0 Å². The fourth-order valence-electron chi connectivity index (χ4n) is 1.70. The van der Waals surface area contributed by atoms with Gasteiger partial charge >= 0.3 is 0 Å². The van der Waals surface area contributed by atoms with Crippen LogP contribution in [0.1, 0.15) is 59.3 Å². The van der Waals surface area contributed by atoms with Gasteiger partial charge in [-0.3, -0.25) is 0 Å². The Morgan fingerprint density at radius 3 is 2.23 bits per heavy atom. The summed E-state index contributed by atoms with van der Waals surface area (Å²) in [4.78, 5) is 0. The Bertz CT molecular complexity index is 101. The van der Waals surface area contributed by atoms with Crippen molar-refractivity contribution in [1.29, 1.82) is 0 Å². The van der Waals surface area contributed by atoms with Gasteiger partial charge in [-0.25, -0.2) is 0 Å². The molecule has 0 saturated carbocycles. The molecule has 0 rings (SSSR count). The van der Waals surface area contributed by atoms with E-state index in [1.165, 1.54) is 38.5 Å². The van der Waals surface area contributed by atoms with E-state index in [-0.39, 0.29) is 0 Å². The topological polar surface area (TPSA) is 12.0 Å². The third-order valence-corrected chi connectivity index (χ3v) is 2.99. The van der Waals surface area contributed by atoms with Crippen molar-refractivity contribution in [2.75, 3.05) is 7.05 Å². The molecule has 2 atom stereocenters. The van der Waals surface area contributed by atoms with Gasteiger partial charge in [-0.05, 0) is 25.8 Å². The zero-order chi connectivity index (χ0) is 10.1. The first-order valence-corrected chi connectivity index (χ1v) is 5.91. The van der Waals surface area contributed by atoms with Crippen LogP contribution in [0.4, 0.5) is 0 Å². The summed E-state index contributed by atoms with van der Waals surface area (Å²) < 4.78 is 0. The molecule has 0 aromatic carbocycles. The summed E-state index contributed by atoms with van der Waals surface area (Å²) in [7, 11) is 2.09. The molecular formula is C12H27N. The van der Waals surface area contributed by atoms with E-state index < -0.39 is 0 Å². The summed E-state index contributed by atoms with van der Waals surface area (Å²) >= 11 is 0. The Labute approximate surface area is 84.3 Å². The van der Waals surface area contributed by atoms with Gasteiger partial charge < -0.3 is 5.32 Å². The Balaban J connectivity index is 3.37. The molecule has 0 bridgehead atoms. The number of hydrogen-bond acceptors (Lipinski definition) is 1. The lowest BCUT2D eigenvalue weighted by atomic mass is 9.98. The van der Waals surface area contributed by atoms with Gasteiger partial charge in [-0.2, -0.15) is 0 Å². The van der Waals surface area contributed by atoms with Crippen molar-refractivity contribution in [2.45, 2.75) is 65.3 Å². The average molecular weight is 185 g/mol. The van der Waals surface area contributed by atoms with Gasteiger partial charge in [0.25, 0.3) is 0 Å². The quantitative estimate of drug-likeness (QED) is 0.609. The molecule has 0 aromatic rings. The van der Waals surface area contributed by atoms with Crippen molar-refractivity contribution >= 4 is 0 Å². The predicted molar refractivity (Wildman–Crippen MR) is 61.1 cm³/mol. The summed E-state index contributed by atoms with van der Waals surface area (Å²) in [5, 5.41) is 3.39. The molecule has 2 unspecified atom stereocenters. The summed E-state index contributed by atoms with van der Waals surface area (Å²) in [5.74, 6) is 0.916. The largest absolute Gasteiger partial charge is 0.317 e. The molecule has 1 heteroatoms. The van der Waals surface area contributed by atoms with Gasteiger partial charge in [0.1, 0.15) is 0 Å². The van der Waals surface area contributed by atoms with Crippen LogP contribution in [0.15, 0.2) is 0 Å². The van der Waals surface area contributed by atoms with Crippen LogP contribution in [0, 0.1) is 5.92 Å². The Hall–Kier alpha value is -0.0400. The van der Waals surface area contributed by atoms with E-state index in [9.17, 15) is 0 Å². The highest BCUT2D eigenvalue weighted by Crippen LogP contribution is 2.13. The third kappa shape index (κ3) is 7.06. The zero-order valence-electron chi connectivity index (χ0n) is 9.90. The molecule has 1 N–H and O–H groups in total. The van der Waals surface area contributed by atoms with Crippen LogP contribution >= 0.6 is 0 Å². The second kappa shape index (κ2) is 8.55. The van der Waals surface area contributed by atoms with E-state index in [0.29, 0.717) is 0 Å². The molecule has 80 valence electrons. The Morgan fingerprint density at radius 2 is 1.77 bits per heavy atom. The molecule has 0 saturated heterocycles. The van der Waals surface area contributed by atoms with Gasteiger partial charge in [-0.1, -0.05) is 46.5 Å². The van der Waals surface area contributed by atoms with Gasteiger partial charge in [0, 0.05) is 6.04 Å². The SMILES string of the molecule is CCCC(CCCC(C)CC)NC. The molecule has 0 fully saturated rings. The highest BCUT2D eigenvalue weighted by atomic mass is 14.9. The molecule has 0 aliphatic heterocycles. The van der Waals surface area contributed by atoms with E-state index in [1.807, 2.05) is 0 Å².